The summed E-state index contributed by atoms with van der Waals surface area (Å²) in [6.45, 7) is -0.324. The number of alkyl halides is 1. The van der Waals surface area contributed by atoms with Crippen molar-refractivity contribution in [3.63, 3.8) is 0 Å². The van der Waals surface area contributed by atoms with Gasteiger partial charge in [-0.15, -0.1) is 11.6 Å². The SMILES string of the molecule is O=C(COc1ccc2ccccc2c1)Oc1coc(CCl)cc1=O. The second kappa shape index (κ2) is 7.19. The standard InChI is InChI=1S/C18H13ClO5/c19-9-15-8-16(20)17(10-22-15)24-18(21)11-23-14-6-5-12-3-1-2-4-13(12)7-14/h1-8,10H,9,11H2. The van der Waals surface area contributed by atoms with Crippen LogP contribution in [0.15, 0.2) is 64.0 Å². The summed E-state index contributed by atoms with van der Waals surface area (Å²) in [6.07, 6.45) is 1.06. The van der Waals surface area contributed by atoms with E-state index in [9.17, 15) is 9.59 Å². The zero-order chi connectivity index (χ0) is 16.9. The molecule has 0 saturated carbocycles. The van der Waals surface area contributed by atoms with Crippen LogP contribution in [0.4, 0.5) is 0 Å². The van der Waals surface area contributed by atoms with E-state index in [4.69, 9.17) is 25.5 Å². The highest BCUT2D eigenvalue weighted by Crippen LogP contribution is 2.20. The van der Waals surface area contributed by atoms with Crippen LogP contribution in [0, 0.1) is 0 Å². The minimum Gasteiger partial charge on any atom is -0.482 e. The van der Waals surface area contributed by atoms with Gasteiger partial charge in [-0.25, -0.2) is 4.79 Å². The average Bonchev–Trinajstić information content (AvgIpc) is 2.61. The van der Waals surface area contributed by atoms with E-state index in [1.165, 1.54) is 6.07 Å². The van der Waals surface area contributed by atoms with Crippen LogP contribution < -0.4 is 14.9 Å². The van der Waals surface area contributed by atoms with Crippen LogP contribution >= 0.6 is 11.6 Å². The van der Waals surface area contributed by atoms with E-state index in [1.807, 2.05) is 36.4 Å². The van der Waals surface area contributed by atoms with E-state index in [-0.39, 0.29) is 18.2 Å². The predicted molar refractivity (Wildman–Crippen MR) is 89.6 cm³/mol. The van der Waals surface area contributed by atoms with Gasteiger partial charge < -0.3 is 13.9 Å². The van der Waals surface area contributed by atoms with Gasteiger partial charge in [0, 0.05) is 6.07 Å². The van der Waals surface area contributed by atoms with Crippen LogP contribution in [0.5, 0.6) is 11.5 Å². The van der Waals surface area contributed by atoms with Gasteiger partial charge in [-0.1, -0.05) is 30.3 Å². The Bertz CT molecular complexity index is 932. The summed E-state index contributed by atoms with van der Waals surface area (Å²) < 4.78 is 15.4. The van der Waals surface area contributed by atoms with Gasteiger partial charge in [-0.2, -0.15) is 0 Å². The zero-order valence-corrected chi connectivity index (χ0v) is 13.3. The van der Waals surface area contributed by atoms with Crippen molar-refractivity contribution in [3.8, 4) is 11.5 Å². The maximum atomic E-state index is 11.8. The Balaban J connectivity index is 1.63. The molecule has 5 nitrogen and oxygen atoms in total. The molecule has 0 spiro atoms. The highest BCUT2D eigenvalue weighted by Gasteiger charge is 2.11. The van der Waals surface area contributed by atoms with E-state index in [0.717, 1.165) is 17.0 Å². The second-order valence-corrected chi connectivity index (χ2v) is 5.25. The molecular weight excluding hydrogens is 332 g/mol. The largest absolute Gasteiger partial charge is 0.482 e. The lowest BCUT2D eigenvalue weighted by atomic mass is 10.1. The van der Waals surface area contributed by atoms with Crippen molar-refractivity contribution < 1.29 is 18.7 Å². The predicted octanol–water partition coefficient (Wildman–Crippen LogP) is 3.52. The van der Waals surface area contributed by atoms with Gasteiger partial charge in [0.15, 0.2) is 6.61 Å². The number of fused-ring (bicyclic) bond motifs is 1. The number of benzene rings is 2. The zero-order valence-electron chi connectivity index (χ0n) is 12.5. The van der Waals surface area contributed by atoms with E-state index in [1.54, 1.807) is 6.07 Å². The summed E-state index contributed by atoms with van der Waals surface area (Å²) in [6, 6.07) is 14.5. The molecule has 0 saturated heterocycles. The van der Waals surface area contributed by atoms with Crippen LogP contribution in [-0.2, 0) is 10.7 Å². The van der Waals surface area contributed by atoms with E-state index >= 15 is 0 Å². The first-order valence-corrected chi connectivity index (χ1v) is 7.69. The molecule has 1 heterocycles. The Hall–Kier alpha value is -2.79. The van der Waals surface area contributed by atoms with E-state index in [2.05, 4.69) is 0 Å². The molecule has 0 bridgehead atoms. The van der Waals surface area contributed by atoms with Gasteiger partial charge in [0.2, 0.25) is 11.2 Å². The number of halogens is 1. The molecule has 24 heavy (non-hydrogen) atoms. The lowest BCUT2D eigenvalue weighted by Gasteiger charge is -2.07. The number of hydrogen-bond acceptors (Lipinski definition) is 5. The van der Waals surface area contributed by atoms with Gasteiger partial charge in [0.1, 0.15) is 17.8 Å². The summed E-state index contributed by atoms with van der Waals surface area (Å²) in [5.41, 5.74) is -0.476. The highest BCUT2D eigenvalue weighted by atomic mass is 35.5. The molecule has 0 atom stereocenters. The Morgan fingerprint density at radius 1 is 1.08 bits per heavy atom. The molecule has 0 aliphatic heterocycles. The van der Waals surface area contributed by atoms with Crippen LogP contribution in [0.1, 0.15) is 5.76 Å². The Morgan fingerprint density at radius 2 is 1.88 bits per heavy atom. The number of hydrogen-bond donors (Lipinski definition) is 0. The van der Waals surface area contributed by atoms with Crippen LogP contribution in [-0.4, -0.2) is 12.6 Å². The first-order chi connectivity index (χ1) is 11.7. The van der Waals surface area contributed by atoms with Crippen LogP contribution in [0.25, 0.3) is 10.8 Å². The molecule has 6 heteroatoms. The second-order valence-electron chi connectivity index (χ2n) is 4.98. The Labute approximate surface area is 142 Å². The van der Waals surface area contributed by atoms with Gasteiger partial charge in [0.05, 0.1) is 5.88 Å². The maximum Gasteiger partial charge on any atom is 0.349 e. The molecule has 0 fully saturated rings. The molecule has 1 aromatic heterocycles. The molecule has 0 radical (unpaired) electrons. The molecule has 0 unspecified atom stereocenters. The fourth-order valence-corrected chi connectivity index (χ4v) is 2.27. The Morgan fingerprint density at radius 3 is 2.62 bits per heavy atom. The highest BCUT2D eigenvalue weighted by molar-refractivity contribution is 6.16. The third-order valence-corrected chi connectivity index (χ3v) is 3.55. The van der Waals surface area contributed by atoms with Crippen molar-refractivity contribution in [1.29, 1.82) is 0 Å². The first kappa shape index (κ1) is 16.1. The normalized spacial score (nSPS) is 10.5. The molecule has 0 aliphatic rings. The molecule has 122 valence electrons. The third-order valence-electron chi connectivity index (χ3n) is 3.29. The number of ether oxygens (including phenoxy) is 2. The van der Waals surface area contributed by atoms with Crippen molar-refractivity contribution in [2.45, 2.75) is 5.88 Å². The maximum absolute atomic E-state index is 11.8. The quantitative estimate of drug-likeness (QED) is 0.523. The van der Waals surface area contributed by atoms with Crippen LogP contribution in [0.3, 0.4) is 0 Å². The van der Waals surface area contributed by atoms with Gasteiger partial charge in [0.25, 0.3) is 0 Å². The van der Waals surface area contributed by atoms with Crippen molar-refractivity contribution in [2.24, 2.45) is 0 Å². The van der Waals surface area contributed by atoms with Crippen molar-refractivity contribution in [1.82, 2.24) is 0 Å². The molecule has 0 amide bonds. The number of carbonyl (C=O) groups excluding carboxylic acids is 1. The van der Waals surface area contributed by atoms with Crippen molar-refractivity contribution >= 4 is 28.3 Å². The number of rotatable bonds is 5. The fourth-order valence-electron chi connectivity index (χ4n) is 2.13. The molecule has 2 aromatic carbocycles. The summed E-state index contributed by atoms with van der Waals surface area (Å²) in [5, 5.41) is 2.07. The summed E-state index contributed by atoms with van der Waals surface area (Å²) >= 11 is 5.56. The molecule has 3 rings (SSSR count). The summed E-state index contributed by atoms with van der Waals surface area (Å²) in [7, 11) is 0. The molecule has 3 aromatic rings. The molecule has 0 aliphatic carbocycles. The van der Waals surface area contributed by atoms with E-state index in [0.29, 0.717) is 11.5 Å². The van der Waals surface area contributed by atoms with E-state index < -0.39 is 11.4 Å². The lowest BCUT2D eigenvalue weighted by Crippen LogP contribution is -2.20. The summed E-state index contributed by atoms with van der Waals surface area (Å²) in [4.78, 5) is 23.5. The smallest absolute Gasteiger partial charge is 0.349 e. The fraction of sp³-hybridized carbons (Fsp3) is 0.111. The topological polar surface area (TPSA) is 65.7 Å². The number of esters is 1. The lowest BCUT2D eigenvalue weighted by molar-refractivity contribution is -0.136. The van der Waals surface area contributed by atoms with Crippen molar-refractivity contribution in [3.05, 3.63) is 70.8 Å². The minimum absolute atomic E-state index is 0.0640. The van der Waals surface area contributed by atoms with Gasteiger partial charge in [-0.3, -0.25) is 4.79 Å². The molecular formula is C18H13ClO5. The van der Waals surface area contributed by atoms with Gasteiger partial charge >= 0.3 is 5.97 Å². The Kier molecular flexibility index (Phi) is 4.82. The first-order valence-electron chi connectivity index (χ1n) is 7.15. The number of carbonyl (C=O) groups is 1. The minimum atomic E-state index is -0.700. The molecule has 0 N–H and O–H groups in total. The third kappa shape index (κ3) is 3.75. The summed E-state index contributed by atoms with van der Waals surface area (Å²) in [5.74, 6) is 0.00302. The average molecular weight is 345 g/mol. The monoisotopic (exact) mass is 344 g/mol. The van der Waals surface area contributed by atoms with Crippen LogP contribution in [0.2, 0.25) is 0 Å². The van der Waals surface area contributed by atoms with Gasteiger partial charge in [-0.05, 0) is 22.9 Å². The van der Waals surface area contributed by atoms with Crippen molar-refractivity contribution in [2.75, 3.05) is 6.61 Å².